The number of ether oxygens (including phenoxy) is 1. The van der Waals surface area contributed by atoms with Crippen molar-refractivity contribution in [3.05, 3.63) is 23.9 Å². The summed E-state index contributed by atoms with van der Waals surface area (Å²) in [6, 6.07) is 3.23. The number of aromatic nitrogens is 1. The van der Waals surface area contributed by atoms with Gasteiger partial charge in [0.1, 0.15) is 5.82 Å². The van der Waals surface area contributed by atoms with E-state index in [2.05, 4.69) is 10.3 Å². The Hall–Kier alpha value is -1.62. The first kappa shape index (κ1) is 11.5. The highest BCUT2D eigenvalue weighted by molar-refractivity contribution is 5.93. The highest BCUT2D eigenvalue weighted by Gasteiger charge is 2.06. The first-order chi connectivity index (χ1) is 7.13. The molecule has 1 rings (SSSR count). The molecule has 0 aliphatic heterocycles. The van der Waals surface area contributed by atoms with Gasteiger partial charge in [0.15, 0.2) is 0 Å². The largest absolute Gasteiger partial charge is 0.384 e. The number of hydrogen-bond acceptors (Lipinski definition) is 4. The minimum absolute atomic E-state index is 0.00399. The lowest BCUT2D eigenvalue weighted by molar-refractivity contribution is 0.0870. The molecule has 1 heterocycles. The minimum atomic E-state index is -0.175. The summed E-state index contributed by atoms with van der Waals surface area (Å²) in [5.74, 6) is 0.225. The molecule has 0 radical (unpaired) electrons. The number of nitrogens with one attached hydrogen (secondary N) is 1. The SMILES string of the molecule is COC(C)CNC(=O)c1ccc(N)nc1. The molecule has 1 aromatic rings. The fourth-order valence-corrected chi connectivity index (χ4v) is 0.961. The van der Waals surface area contributed by atoms with E-state index in [4.69, 9.17) is 10.5 Å². The van der Waals surface area contributed by atoms with E-state index in [1.54, 1.807) is 19.2 Å². The van der Waals surface area contributed by atoms with Crippen LogP contribution in [0.4, 0.5) is 5.82 Å². The van der Waals surface area contributed by atoms with Gasteiger partial charge in [-0.05, 0) is 19.1 Å². The predicted octanol–water partition coefficient (Wildman–Crippen LogP) is 0.429. The molecule has 82 valence electrons. The molecule has 1 aromatic heterocycles. The summed E-state index contributed by atoms with van der Waals surface area (Å²) in [5.41, 5.74) is 5.90. The molecule has 1 unspecified atom stereocenters. The molecule has 0 saturated heterocycles. The monoisotopic (exact) mass is 209 g/mol. The van der Waals surface area contributed by atoms with Crippen LogP contribution >= 0.6 is 0 Å². The van der Waals surface area contributed by atoms with E-state index >= 15 is 0 Å². The average Bonchev–Trinajstić information content (AvgIpc) is 2.26. The van der Waals surface area contributed by atoms with Crippen molar-refractivity contribution in [1.29, 1.82) is 0 Å². The van der Waals surface area contributed by atoms with Crippen LogP contribution in [0.5, 0.6) is 0 Å². The molecule has 1 atom stereocenters. The zero-order valence-electron chi connectivity index (χ0n) is 8.86. The van der Waals surface area contributed by atoms with Crippen molar-refractivity contribution >= 4 is 11.7 Å². The van der Waals surface area contributed by atoms with Crippen LogP contribution in [-0.4, -0.2) is 30.6 Å². The normalized spacial score (nSPS) is 12.1. The maximum absolute atomic E-state index is 11.5. The summed E-state index contributed by atoms with van der Waals surface area (Å²) < 4.78 is 5.01. The molecule has 0 saturated carbocycles. The van der Waals surface area contributed by atoms with Crippen molar-refractivity contribution in [2.24, 2.45) is 0 Å². The Balaban J connectivity index is 2.50. The number of nitrogen functional groups attached to an aromatic ring is 1. The molecule has 0 bridgehead atoms. The first-order valence-electron chi connectivity index (χ1n) is 4.66. The number of carbonyl (C=O) groups excluding carboxylic acids is 1. The Kier molecular flexibility index (Phi) is 4.05. The number of carbonyl (C=O) groups is 1. The van der Waals surface area contributed by atoms with Crippen molar-refractivity contribution in [3.8, 4) is 0 Å². The van der Waals surface area contributed by atoms with Crippen LogP contribution in [-0.2, 0) is 4.74 Å². The molecule has 0 aliphatic rings. The van der Waals surface area contributed by atoms with Crippen LogP contribution in [0, 0.1) is 0 Å². The molecule has 5 nitrogen and oxygen atoms in total. The van der Waals surface area contributed by atoms with E-state index in [9.17, 15) is 4.79 Å². The Morgan fingerprint density at radius 1 is 1.67 bits per heavy atom. The van der Waals surface area contributed by atoms with Gasteiger partial charge in [-0.15, -0.1) is 0 Å². The molecule has 5 heteroatoms. The molecule has 0 fully saturated rings. The molecule has 3 N–H and O–H groups in total. The maximum Gasteiger partial charge on any atom is 0.252 e. The fraction of sp³-hybridized carbons (Fsp3) is 0.400. The highest BCUT2D eigenvalue weighted by atomic mass is 16.5. The summed E-state index contributed by atoms with van der Waals surface area (Å²) in [6.07, 6.45) is 1.44. The lowest BCUT2D eigenvalue weighted by atomic mass is 10.2. The smallest absolute Gasteiger partial charge is 0.252 e. The first-order valence-corrected chi connectivity index (χ1v) is 4.66. The maximum atomic E-state index is 11.5. The average molecular weight is 209 g/mol. The van der Waals surface area contributed by atoms with Gasteiger partial charge in [-0.25, -0.2) is 4.98 Å². The topological polar surface area (TPSA) is 77.2 Å². The summed E-state index contributed by atoms with van der Waals surface area (Å²) in [6.45, 7) is 2.35. The van der Waals surface area contributed by atoms with Crippen molar-refractivity contribution in [3.63, 3.8) is 0 Å². The zero-order valence-corrected chi connectivity index (χ0v) is 8.86. The van der Waals surface area contributed by atoms with Crippen molar-refractivity contribution in [2.75, 3.05) is 19.4 Å². The Morgan fingerprint density at radius 2 is 2.40 bits per heavy atom. The number of nitrogens with zero attached hydrogens (tertiary/aromatic N) is 1. The second-order valence-electron chi connectivity index (χ2n) is 3.23. The summed E-state index contributed by atoms with van der Waals surface area (Å²) in [4.78, 5) is 15.4. The van der Waals surface area contributed by atoms with Crippen LogP contribution in [0.15, 0.2) is 18.3 Å². The number of pyridine rings is 1. The molecule has 0 aromatic carbocycles. The second kappa shape index (κ2) is 5.31. The van der Waals surface area contributed by atoms with Gasteiger partial charge in [-0.2, -0.15) is 0 Å². The Morgan fingerprint density at radius 3 is 2.93 bits per heavy atom. The van der Waals surface area contributed by atoms with Gasteiger partial charge in [0.2, 0.25) is 0 Å². The van der Waals surface area contributed by atoms with Crippen LogP contribution in [0.2, 0.25) is 0 Å². The summed E-state index contributed by atoms with van der Waals surface area (Å²) in [7, 11) is 1.60. The third-order valence-corrected chi connectivity index (χ3v) is 2.00. The van der Waals surface area contributed by atoms with Gasteiger partial charge in [0.25, 0.3) is 5.91 Å². The zero-order chi connectivity index (χ0) is 11.3. The molecule has 0 aliphatic carbocycles. The van der Waals surface area contributed by atoms with Gasteiger partial charge in [0.05, 0.1) is 11.7 Å². The fourth-order valence-electron chi connectivity index (χ4n) is 0.961. The van der Waals surface area contributed by atoms with Gasteiger partial charge in [-0.3, -0.25) is 4.79 Å². The van der Waals surface area contributed by atoms with E-state index in [0.29, 0.717) is 17.9 Å². The van der Waals surface area contributed by atoms with Gasteiger partial charge in [-0.1, -0.05) is 0 Å². The molecule has 1 amide bonds. The Labute approximate surface area is 88.6 Å². The molecular formula is C10H15N3O2. The van der Waals surface area contributed by atoms with Crippen LogP contribution in [0.25, 0.3) is 0 Å². The number of nitrogens with two attached hydrogens (primary N) is 1. The molecule has 15 heavy (non-hydrogen) atoms. The number of amides is 1. The van der Waals surface area contributed by atoms with Gasteiger partial charge >= 0.3 is 0 Å². The Bertz CT molecular complexity index is 324. The van der Waals surface area contributed by atoms with E-state index in [1.165, 1.54) is 6.20 Å². The van der Waals surface area contributed by atoms with Gasteiger partial charge < -0.3 is 15.8 Å². The third-order valence-electron chi connectivity index (χ3n) is 2.00. The van der Waals surface area contributed by atoms with E-state index in [1.807, 2.05) is 6.92 Å². The lowest BCUT2D eigenvalue weighted by Gasteiger charge is -2.10. The lowest BCUT2D eigenvalue weighted by Crippen LogP contribution is -2.31. The second-order valence-corrected chi connectivity index (χ2v) is 3.23. The standard InChI is InChI=1S/C10H15N3O2/c1-7(15-2)5-13-10(14)8-3-4-9(11)12-6-8/h3-4,6-7H,5H2,1-2H3,(H2,11,12)(H,13,14). The predicted molar refractivity (Wildman–Crippen MR) is 57.5 cm³/mol. The van der Waals surface area contributed by atoms with Crippen LogP contribution in [0.3, 0.4) is 0 Å². The van der Waals surface area contributed by atoms with E-state index < -0.39 is 0 Å². The van der Waals surface area contributed by atoms with Crippen molar-refractivity contribution < 1.29 is 9.53 Å². The van der Waals surface area contributed by atoms with Crippen molar-refractivity contribution in [1.82, 2.24) is 10.3 Å². The van der Waals surface area contributed by atoms with E-state index in [-0.39, 0.29) is 12.0 Å². The van der Waals surface area contributed by atoms with Crippen LogP contribution < -0.4 is 11.1 Å². The number of methoxy groups -OCH3 is 1. The quantitative estimate of drug-likeness (QED) is 0.753. The van der Waals surface area contributed by atoms with Gasteiger partial charge in [0, 0.05) is 19.9 Å². The highest BCUT2D eigenvalue weighted by Crippen LogP contribution is 2.00. The van der Waals surface area contributed by atoms with E-state index in [0.717, 1.165) is 0 Å². The minimum Gasteiger partial charge on any atom is -0.384 e. The van der Waals surface area contributed by atoms with Crippen LogP contribution in [0.1, 0.15) is 17.3 Å². The molecule has 0 spiro atoms. The number of hydrogen-bond donors (Lipinski definition) is 2. The summed E-state index contributed by atoms with van der Waals surface area (Å²) >= 11 is 0. The number of anilines is 1. The third kappa shape index (κ3) is 3.55. The molecular weight excluding hydrogens is 194 g/mol. The van der Waals surface area contributed by atoms with Crippen molar-refractivity contribution in [2.45, 2.75) is 13.0 Å². The summed E-state index contributed by atoms with van der Waals surface area (Å²) in [5, 5.41) is 2.72. The number of rotatable bonds is 4.